The van der Waals surface area contributed by atoms with Crippen LogP contribution in [-0.2, 0) is 22.2 Å². The van der Waals surface area contributed by atoms with Crippen LogP contribution < -0.4 is 0 Å². The lowest BCUT2D eigenvalue weighted by Gasteiger charge is -1.90. The molecule has 0 spiro atoms. The summed E-state index contributed by atoms with van der Waals surface area (Å²) in [6.07, 6.45) is 0.781. The predicted molar refractivity (Wildman–Crippen MR) is 51.8 cm³/mol. The average Bonchev–Trinajstić information content (AvgIpc) is 1.87. The van der Waals surface area contributed by atoms with Crippen LogP contribution in [-0.4, -0.2) is 28.5 Å². The minimum atomic E-state index is -1.62. The van der Waals surface area contributed by atoms with Gasteiger partial charge in [-0.3, -0.25) is 0 Å². The quantitative estimate of drug-likeness (QED) is 0.696. The molecule has 0 aliphatic rings. The van der Waals surface area contributed by atoms with Crippen LogP contribution in [0.2, 0.25) is 0 Å². The van der Waals surface area contributed by atoms with Gasteiger partial charge in [-0.1, -0.05) is 6.92 Å². The average molecular weight is 216 g/mol. The largest absolute Gasteiger partial charge is 0.306 e. The zero-order chi connectivity index (χ0) is 10.1. The highest BCUT2D eigenvalue weighted by Crippen LogP contribution is 1.85. The first-order chi connectivity index (χ1) is 5.41. The normalized spacial score (nSPS) is 14.8. The minimum Gasteiger partial charge on any atom is -0.306 e. The Labute approximate surface area is 78.3 Å². The molecule has 76 valence electrons. The highest BCUT2D eigenvalue weighted by molar-refractivity contribution is 7.79. The summed E-state index contributed by atoms with van der Waals surface area (Å²) < 4.78 is 35.6. The van der Waals surface area contributed by atoms with E-state index in [1.54, 1.807) is 13.8 Å². The second kappa shape index (κ2) is 9.31. The molecule has 12 heavy (non-hydrogen) atoms. The summed E-state index contributed by atoms with van der Waals surface area (Å²) in [5.41, 5.74) is 0. The molecule has 0 saturated carbocycles. The predicted octanol–water partition coefficient (Wildman–Crippen LogP) is 1.23. The Balaban J connectivity index is 0. The van der Waals surface area contributed by atoms with Gasteiger partial charge in [0.2, 0.25) is 0 Å². The van der Waals surface area contributed by atoms with Gasteiger partial charge in [-0.2, -0.15) is 0 Å². The molecule has 0 aromatic heterocycles. The van der Waals surface area contributed by atoms with Gasteiger partial charge in [0.25, 0.3) is 0 Å². The third-order valence-corrected chi connectivity index (χ3v) is 2.35. The summed E-state index contributed by atoms with van der Waals surface area (Å²) in [7, 11) is 0. The molecule has 2 unspecified atom stereocenters. The molecule has 0 bridgehead atoms. The van der Waals surface area contributed by atoms with Crippen molar-refractivity contribution in [3.05, 3.63) is 0 Å². The van der Waals surface area contributed by atoms with Crippen molar-refractivity contribution in [1.29, 1.82) is 0 Å². The standard InChI is InChI=1S/2C3H8O2S/c1-3(2)6(4)5;1-2-3-6(4)5/h3H,1-2H3,(H,4,5);2-3H2,1H3,(H,4,5). The monoisotopic (exact) mass is 216 g/mol. The Kier molecular flexibility index (Phi) is 11.4. The fourth-order valence-corrected chi connectivity index (χ4v) is 0.524. The van der Waals surface area contributed by atoms with E-state index in [4.69, 9.17) is 9.11 Å². The Hall–Kier alpha value is 0.220. The smallest absolute Gasteiger partial charge is 0.155 e. The second-order valence-corrected chi connectivity index (χ2v) is 4.90. The fourth-order valence-electron chi connectivity index (χ4n) is 0.175. The topological polar surface area (TPSA) is 74.6 Å². The molecule has 6 heteroatoms. The Bertz CT molecular complexity index is 146. The molecule has 0 aliphatic heterocycles. The van der Waals surface area contributed by atoms with Gasteiger partial charge >= 0.3 is 0 Å². The molecule has 0 saturated heterocycles. The summed E-state index contributed by atoms with van der Waals surface area (Å²) in [5.74, 6) is 0.403. The molecule has 0 aliphatic carbocycles. The van der Waals surface area contributed by atoms with Crippen LogP contribution in [0.3, 0.4) is 0 Å². The number of hydrogen-bond acceptors (Lipinski definition) is 2. The zero-order valence-electron chi connectivity index (χ0n) is 7.52. The molecule has 2 N–H and O–H groups in total. The van der Waals surface area contributed by atoms with Crippen molar-refractivity contribution in [3.63, 3.8) is 0 Å². The molecular formula is C6H16O4S2. The summed E-state index contributed by atoms with van der Waals surface area (Å²) in [6, 6.07) is 0. The summed E-state index contributed by atoms with van der Waals surface area (Å²) >= 11 is -3.18. The lowest BCUT2D eigenvalue weighted by atomic mass is 10.6. The third-order valence-electron chi connectivity index (χ3n) is 0.782. The highest BCUT2D eigenvalue weighted by Gasteiger charge is 1.95. The van der Waals surface area contributed by atoms with Crippen molar-refractivity contribution in [2.24, 2.45) is 0 Å². The van der Waals surface area contributed by atoms with E-state index in [-0.39, 0.29) is 5.25 Å². The van der Waals surface area contributed by atoms with Gasteiger partial charge in [-0.25, -0.2) is 8.42 Å². The molecular weight excluding hydrogens is 200 g/mol. The third kappa shape index (κ3) is 16.7. The van der Waals surface area contributed by atoms with E-state index >= 15 is 0 Å². The van der Waals surface area contributed by atoms with E-state index in [0.29, 0.717) is 5.75 Å². The van der Waals surface area contributed by atoms with Gasteiger partial charge in [0, 0.05) is 5.75 Å². The van der Waals surface area contributed by atoms with E-state index in [1.165, 1.54) is 0 Å². The first-order valence-electron chi connectivity index (χ1n) is 3.58. The lowest BCUT2D eigenvalue weighted by molar-refractivity contribution is 0.555. The SMILES string of the molecule is CC(C)S(=O)O.CCCS(=O)O. The minimum absolute atomic E-state index is 0.120. The molecule has 0 aromatic carbocycles. The van der Waals surface area contributed by atoms with Crippen molar-refractivity contribution < 1.29 is 17.5 Å². The van der Waals surface area contributed by atoms with Crippen LogP contribution in [0.4, 0.5) is 0 Å². The van der Waals surface area contributed by atoms with Crippen LogP contribution in [0.15, 0.2) is 0 Å². The van der Waals surface area contributed by atoms with Crippen molar-refractivity contribution in [2.45, 2.75) is 32.4 Å². The highest BCUT2D eigenvalue weighted by atomic mass is 32.2. The van der Waals surface area contributed by atoms with E-state index in [9.17, 15) is 8.42 Å². The maximum absolute atomic E-state index is 9.81. The molecule has 0 heterocycles. The molecule has 0 aromatic rings. The number of hydrogen-bond donors (Lipinski definition) is 2. The van der Waals surface area contributed by atoms with Gasteiger partial charge in [0.15, 0.2) is 22.2 Å². The molecule has 0 radical (unpaired) electrons. The maximum Gasteiger partial charge on any atom is 0.155 e. The van der Waals surface area contributed by atoms with Crippen LogP contribution in [0, 0.1) is 0 Å². The molecule has 0 fully saturated rings. The van der Waals surface area contributed by atoms with Crippen LogP contribution >= 0.6 is 0 Å². The summed E-state index contributed by atoms with van der Waals surface area (Å²) in [4.78, 5) is 0. The molecule has 4 nitrogen and oxygen atoms in total. The van der Waals surface area contributed by atoms with Gasteiger partial charge in [-0.05, 0) is 20.3 Å². The van der Waals surface area contributed by atoms with Gasteiger partial charge < -0.3 is 9.11 Å². The van der Waals surface area contributed by atoms with Crippen molar-refractivity contribution in [3.8, 4) is 0 Å². The van der Waals surface area contributed by atoms with Gasteiger partial charge in [0.05, 0.1) is 5.25 Å². The maximum atomic E-state index is 9.81. The van der Waals surface area contributed by atoms with Crippen molar-refractivity contribution in [2.75, 3.05) is 5.75 Å². The van der Waals surface area contributed by atoms with Crippen LogP contribution in [0.25, 0.3) is 0 Å². The Morgan fingerprint density at radius 1 is 1.25 bits per heavy atom. The Morgan fingerprint density at radius 2 is 1.58 bits per heavy atom. The molecule has 2 atom stereocenters. The van der Waals surface area contributed by atoms with Crippen molar-refractivity contribution >= 4 is 22.2 Å². The first-order valence-corrected chi connectivity index (χ1v) is 6.03. The van der Waals surface area contributed by atoms with Gasteiger partial charge in [0.1, 0.15) is 0 Å². The lowest BCUT2D eigenvalue weighted by Crippen LogP contribution is -2.01. The van der Waals surface area contributed by atoms with E-state index < -0.39 is 22.2 Å². The second-order valence-electron chi connectivity index (χ2n) is 2.35. The summed E-state index contributed by atoms with van der Waals surface area (Å²) in [6.45, 7) is 5.25. The first kappa shape index (κ1) is 14.7. The van der Waals surface area contributed by atoms with Gasteiger partial charge in [-0.15, -0.1) is 0 Å². The Morgan fingerprint density at radius 3 is 1.58 bits per heavy atom. The van der Waals surface area contributed by atoms with E-state index in [1.807, 2.05) is 6.92 Å². The summed E-state index contributed by atoms with van der Waals surface area (Å²) in [5, 5.41) is -0.120. The van der Waals surface area contributed by atoms with E-state index in [0.717, 1.165) is 6.42 Å². The van der Waals surface area contributed by atoms with E-state index in [2.05, 4.69) is 0 Å². The van der Waals surface area contributed by atoms with Crippen LogP contribution in [0.5, 0.6) is 0 Å². The molecule has 0 rings (SSSR count). The van der Waals surface area contributed by atoms with Crippen LogP contribution in [0.1, 0.15) is 27.2 Å². The fraction of sp³-hybridized carbons (Fsp3) is 1.00. The number of rotatable bonds is 3. The zero-order valence-corrected chi connectivity index (χ0v) is 9.15. The molecule has 0 amide bonds. The van der Waals surface area contributed by atoms with Crippen molar-refractivity contribution in [1.82, 2.24) is 0 Å².